The molecule has 58 heavy (non-hydrogen) atoms. The number of nitrogens with two attached hydrogens (primary N) is 1. The van der Waals surface area contributed by atoms with E-state index in [0.717, 1.165) is 39.8 Å². The van der Waals surface area contributed by atoms with E-state index in [-0.39, 0.29) is 8.04 Å². The van der Waals surface area contributed by atoms with Gasteiger partial charge in [0.05, 0.1) is 33.2 Å². The van der Waals surface area contributed by atoms with Crippen LogP contribution in [0.4, 0.5) is 10.6 Å². The molecule has 6 heterocycles. The minimum Gasteiger partial charge on any atom is -0.493 e. The van der Waals surface area contributed by atoms with E-state index in [1.165, 1.54) is 6.33 Å². The highest BCUT2D eigenvalue weighted by Crippen LogP contribution is 2.58. The molecule has 13 nitrogen and oxygen atoms in total. The van der Waals surface area contributed by atoms with E-state index in [4.69, 9.17) is 34.2 Å². The summed E-state index contributed by atoms with van der Waals surface area (Å²) in [6.07, 6.45) is 5.77. The molecule has 10 rings (SSSR count). The van der Waals surface area contributed by atoms with Gasteiger partial charge in [-0.05, 0) is 96.0 Å². The molecule has 0 fully saturated rings. The van der Waals surface area contributed by atoms with E-state index in [1.54, 1.807) is 25.4 Å². The molecule has 4 aromatic carbocycles. The Kier molecular flexibility index (Phi) is 10.4. The molecule has 7 bridgehead atoms. The SMILES string of the molecule is CCc1cc2c3cc1C(I)(I)Cc1ccc(OC)c(c1)Oc1ccc(cc1)C[C@H]1c4c(cc(OC)c(c4O3)O2)CCN1C(=O)OCCCn1cnc2c(N)ncnc21. The van der Waals surface area contributed by atoms with Gasteiger partial charge in [0.15, 0.2) is 46.0 Å². The molecule has 4 aliphatic heterocycles. The maximum Gasteiger partial charge on any atom is 0.410 e. The van der Waals surface area contributed by atoms with Gasteiger partial charge in [0.25, 0.3) is 0 Å². The van der Waals surface area contributed by atoms with Crippen molar-refractivity contribution in [2.45, 2.75) is 53.0 Å². The highest BCUT2D eigenvalue weighted by molar-refractivity contribution is 14.2. The second-order valence-corrected chi connectivity index (χ2v) is 20.2. The van der Waals surface area contributed by atoms with E-state index >= 15 is 0 Å². The molecular weight excluding hydrogens is 966 g/mol. The number of carbonyl (C=O) groups is 1. The number of amides is 1. The van der Waals surface area contributed by atoms with Gasteiger partial charge in [-0.3, -0.25) is 0 Å². The number of hydrogen-bond acceptors (Lipinski definition) is 11. The van der Waals surface area contributed by atoms with Gasteiger partial charge in [-0.25, -0.2) is 19.7 Å². The number of alkyl halides is 2. The van der Waals surface area contributed by atoms with Crippen molar-refractivity contribution >= 4 is 68.3 Å². The molecule has 0 radical (unpaired) electrons. The summed E-state index contributed by atoms with van der Waals surface area (Å²) in [5.41, 5.74) is 13.4. The lowest BCUT2D eigenvalue weighted by Crippen LogP contribution is -2.41. The predicted molar refractivity (Wildman–Crippen MR) is 234 cm³/mol. The fourth-order valence-electron chi connectivity index (χ4n) is 8.05. The maximum absolute atomic E-state index is 14.2. The Labute approximate surface area is 362 Å². The van der Waals surface area contributed by atoms with E-state index in [0.29, 0.717) is 102 Å². The number of halogens is 2. The first-order valence-corrected chi connectivity index (χ1v) is 21.2. The summed E-state index contributed by atoms with van der Waals surface area (Å²) in [5, 5.41) is 0. The number of benzene rings is 4. The summed E-state index contributed by atoms with van der Waals surface area (Å²) in [6, 6.07) is 19.8. The summed E-state index contributed by atoms with van der Waals surface area (Å²) in [6.45, 7) is 3.31. The minimum absolute atomic E-state index is 0.191. The summed E-state index contributed by atoms with van der Waals surface area (Å²) in [4.78, 5) is 28.7. The number of fused-ring (bicyclic) bond motifs is 4. The highest BCUT2D eigenvalue weighted by Gasteiger charge is 2.40. The van der Waals surface area contributed by atoms with Gasteiger partial charge in [0.1, 0.15) is 19.0 Å². The van der Waals surface area contributed by atoms with Gasteiger partial charge < -0.3 is 43.6 Å². The first kappa shape index (κ1) is 38.5. The van der Waals surface area contributed by atoms with Gasteiger partial charge >= 0.3 is 6.09 Å². The number of methoxy groups -OCH3 is 2. The smallest absolute Gasteiger partial charge is 0.410 e. The molecule has 15 heteroatoms. The number of rotatable bonds is 7. The second kappa shape index (κ2) is 15.6. The van der Waals surface area contributed by atoms with Gasteiger partial charge in [-0.15, -0.1) is 0 Å². The molecule has 1 atom stereocenters. The standard InChI is InChI=1S/C43H40I2N6O7/c1-4-26-18-33-34-20-29(26)43(44,45)21-25-8-11-31(53-2)32(17-25)56-28-9-6-24(7-10-28)16-30-36-27(19-35(54-3)38(57-33)39(36)58-34)12-14-51(30)42(52)55-15-5-13-50-23-49-37-40(46)47-22-48-41(37)50/h6-11,17-20,22-23,30H,4-5,12-16,21H2,1-3H3,(H2,46,47,48)/t30-/m0/s1. The van der Waals surface area contributed by atoms with Crippen molar-refractivity contribution in [2.75, 3.05) is 33.1 Å². The van der Waals surface area contributed by atoms with Crippen molar-refractivity contribution < 1.29 is 33.2 Å². The number of carbonyl (C=O) groups excluding carboxylic acids is 1. The molecule has 4 aliphatic rings. The molecule has 0 unspecified atom stereocenters. The van der Waals surface area contributed by atoms with Crippen LogP contribution < -0.4 is 29.4 Å². The number of aromatic nitrogens is 4. The Morgan fingerprint density at radius 1 is 0.914 bits per heavy atom. The number of nitrogen functional groups attached to an aromatic ring is 1. The van der Waals surface area contributed by atoms with E-state index in [9.17, 15) is 4.79 Å². The molecular formula is C43H40I2N6O7. The Hall–Kier alpha value is -5.04. The lowest BCUT2D eigenvalue weighted by Gasteiger charge is -2.39. The van der Waals surface area contributed by atoms with Crippen molar-refractivity contribution in [1.82, 2.24) is 24.4 Å². The van der Waals surface area contributed by atoms with Crippen molar-refractivity contribution in [2.24, 2.45) is 0 Å². The quantitative estimate of drug-likeness (QED) is 0.0926. The summed E-state index contributed by atoms with van der Waals surface area (Å²) in [5.74, 6) is 5.10. The van der Waals surface area contributed by atoms with Crippen molar-refractivity contribution in [3.8, 4) is 46.0 Å². The Morgan fingerprint density at radius 2 is 1.69 bits per heavy atom. The molecule has 1 amide bonds. The van der Waals surface area contributed by atoms with Gasteiger partial charge in [0.2, 0.25) is 5.75 Å². The lowest BCUT2D eigenvalue weighted by atomic mass is 9.87. The third kappa shape index (κ3) is 7.09. The van der Waals surface area contributed by atoms with Crippen LogP contribution in [0.2, 0.25) is 0 Å². The van der Waals surface area contributed by atoms with Crippen LogP contribution in [0.1, 0.15) is 52.8 Å². The molecule has 0 saturated heterocycles. The third-order valence-corrected chi connectivity index (χ3v) is 12.8. The number of aryl methyl sites for hydroxylation is 2. The maximum atomic E-state index is 14.2. The fraction of sp³-hybridized carbons (Fsp3) is 0.302. The molecule has 298 valence electrons. The number of imidazole rings is 1. The normalized spacial score (nSPS) is 16.2. The van der Waals surface area contributed by atoms with Gasteiger partial charge in [-0.2, -0.15) is 0 Å². The van der Waals surface area contributed by atoms with Crippen LogP contribution in [0.5, 0.6) is 46.0 Å². The van der Waals surface area contributed by atoms with E-state index < -0.39 is 12.1 Å². The lowest BCUT2D eigenvalue weighted by molar-refractivity contribution is 0.0799. The number of nitrogens with zero attached hydrogens (tertiary/aromatic N) is 5. The Morgan fingerprint density at radius 3 is 2.48 bits per heavy atom. The molecule has 2 aromatic heterocycles. The van der Waals surface area contributed by atoms with Crippen LogP contribution in [-0.4, -0.2) is 57.9 Å². The minimum atomic E-state index is -0.455. The fourth-order valence-corrected chi connectivity index (χ4v) is 9.93. The van der Waals surface area contributed by atoms with Crippen LogP contribution in [0.3, 0.4) is 0 Å². The summed E-state index contributed by atoms with van der Waals surface area (Å²) < 4.78 is 39.4. The molecule has 0 aliphatic carbocycles. The monoisotopic (exact) mass is 1010 g/mol. The van der Waals surface area contributed by atoms with Crippen LogP contribution in [-0.2, 0) is 38.4 Å². The predicted octanol–water partition coefficient (Wildman–Crippen LogP) is 9.63. The zero-order valence-electron chi connectivity index (χ0n) is 32.1. The average Bonchev–Trinajstić information content (AvgIpc) is 3.65. The Balaban J connectivity index is 1.10. The zero-order valence-corrected chi connectivity index (χ0v) is 36.4. The number of anilines is 1. The second-order valence-electron chi connectivity index (χ2n) is 14.4. The molecule has 0 saturated carbocycles. The third-order valence-electron chi connectivity index (χ3n) is 10.9. The van der Waals surface area contributed by atoms with Crippen molar-refractivity contribution in [1.29, 1.82) is 0 Å². The van der Waals surface area contributed by atoms with Crippen LogP contribution in [0.15, 0.2) is 73.3 Å². The molecule has 2 N–H and O–H groups in total. The number of ether oxygens (including phenoxy) is 6. The van der Waals surface area contributed by atoms with Gasteiger partial charge in [-0.1, -0.05) is 70.3 Å². The van der Waals surface area contributed by atoms with Crippen LogP contribution >= 0.6 is 45.2 Å². The summed E-state index contributed by atoms with van der Waals surface area (Å²) >= 11 is 5.07. The highest BCUT2D eigenvalue weighted by atomic mass is 127. The number of hydrogen-bond donors (Lipinski definition) is 1. The topological polar surface area (TPSA) is 145 Å². The van der Waals surface area contributed by atoms with Crippen LogP contribution in [0, 0.1) is 0 Å². The van der Waals surface area contributed by atoms with E-state index in [2.05, 4.69) is 91.3 Å². The largest absolute Gasteiger partial charge is 0.493 e. The van der Waals surface area contributed by atoms with E-state index in [1.807, 2.05) is 41.0 Å². The average molecular weight is 1010 g/mol. The van der Waals surface area contributed by atoms with Gasteiger partial charge in [0, 0.05) is 25.1 Å². The van der Waals surface area contributed by atoms with Crippen LogP contribution in [0.25, 0.3) is 11.2 Å². The first-order valence-electron chi connectivity index (χ1n) is 19.1. The molecule has 6 aromatic rings. The summed E-state index contributed by atoms with van der Waals surface area (Å²) in [7, 11) is 3.29. The zero-order chi connectivity index (χ0) is 40.1. The van der Waals surface area contributed by atoms with Crippen molar-refractivity contribution in [3.05, 3.63) is 107 Å². The Bertz CT molecular complexity index is 2560. The van der Waals surface area contributed by atoms with Crippen molar-refractivity contribution in [3.63, 3.8) is 0 Å². The molecule has 0 spiro atoms. The first-order chi connectivity index (χ1) is 28.1.